The van der Waals surface area contributed by atoms with Gasteiger partial charge in [-0.2, -0.15) is 0 Å². The van der Waals surface area contributed by atoms with E-state index >= 15 is 0 Å². The Morgan fingerprint density at radius 1 is 1.56 bits per heavy atom. The Labute approximate surface area is 94.7 Å². The van der Waals surface area contributed by atoms with Crippen molar-refractivity contribution in [1.29, 1.82) is 0 Å². The Balaban J connectivity index is 1.93. The summed E-state index contributed by atoms with van der Waals surface area (Å²) in [6, 6.07) is -0.106. The number of anilines is 1. The number of nitrogens with zero attached hydrogens (tertiary/aromatic N) is 2. The van der Waals surface area contributed by atoms with Crippen LogP contribution in [0.1, 0.15) is 19.8 Å². The molecule has 1 aliphatic rings. The topological polar surface area (TPSA) is 66.9 Å². The molecule has 0 radical (unpaired) electrons. The first-order valence-electron chi connectivity index (χ1n) is 5.56. The minimum Gasteiger partial charge on any atom is -0.308 e. The molecule has 2 heterocycles. The van der Waals surface area contributed by atoms with Crippen molar-refractivity contribution in [2.45, 2.75) is 25.8 Å². The lowest BCUT2D eigenvalue weighted by Gasteiger charge is -2.26. The maximum absolute atomic E-state index is 11.9. The lowest BCUT2D eigenvalue weighted by molar-refractivity contribution is -0.119. The summed E-state index contributed by atoms with van der Waals surface area (Å²) in [5, 5.41) is 5.97. The third kappa shape index (κ3) is 2.76. The van der Waals surface area contributed by atoms with Crippen molar-refractivity contribution in [3.8, 4) is 0 Å². The molecule has 5 heteroatoms. The second-order valence-electron chi connectivity index (χ2n) is 4.22. The van der Waals surface area contributed by atoms with E-state index in [9.17, 15) is 4.79 Å². The van der Waals surface area contributed by atoms with Gasteiger partial charge in [-0.3, -0.25) is 9.78 Å². The summed E-state index contributed by atoms with van der Waals surface area (Å²) in [5.41, 5.74) is 0. The number of piperidine rings is 1. The average Bonchev–Trinajstić information content (AvgIpc) is 2.30. The summed E-state index contributed by atoms with van der Waals surface area (Å²) in [7, 11) is 0. The standard InChI is InChI=1S/C11H16N4O/c1-8-2-3-13-9(6-8)11(16)15-10-7-12-4-5-14-10/h4-5,7-9,13H,2-3,6H2,1H3,(H,14,15,16). The lowest BCUT2D eigenvalue weighted by atomic mass is 9.94. The van der Waals surface area contributed by atoms with E-state index in [1.807, 2.05) is 0 Å². The van der Waals surface area contributed by atoms with E-state index in [1.54, 1.807) is 18.6 Å². The van der Waals surface area contributed by atoms with E-state index in [4.69, 9.17) is 0 Å². The zero-order valence-electron chi connectivity index (χ0n) is 9.31. The Kier molecular flexibility index (Phi) is 3.46. The van der Waals surface area contributed by atoms with E-state index in [-0.39, 0.29) is 11.9 Å². The molecule has 1 amide bonds. The summed E-state index contributed by atoms with van der Waals surface area (Å²) in [5.74, 6) is 1.08. The van der Waals surface area contributed by atoms with Crippen LogP contribution in [0.2, 0.25) is 0 Å². The molecule has 1 fully saturated rings. The van der Waals surface area contributed by atoms with Gasteiger partial charge in [-0.15, -0.1) is 0 Å². The predicted molar refractivity (Wildman–Crippen MR) is 60.9 cm³/mol. The average molecular weight is 220 g/mol. The second kappa shape index (κ2) is 5.03. The van der Waals surface area contributed by atoms with Crippen LogP contribution in [0.25, 0.3) is 0 Å². The highest BCUT2D eigenvalue weighted by Crippen LogP contribution is 2.15. The molecular formula is C11H16N4O. The van der Waals surface area contributed by atoms with Crippen LogP contribution in [0.3, 0.4) is 0 Å². The smallest absolute Gasteiger partial charge is 0.242 e. The van der Waals surface area contributed by atoms with Crippen LogP contribution < -0.4 is 10.6 Å². The molecule has 1 aliphatic heterocycles. The Morgan fingerprint density at radius 2 is 2.44 bits per heavy atom. The zero-order valence-corrected chi connectivity index (χ0v) is 9.31. The molecule has 0 aliphatic carbocycles. The monoisotopic (exact) mass is 220 g/mol. The van der Waals surface area contributed by atoms with Crippen molar-refractivity contribution in [2.75, 3.05) is 11.9 Å². The van der Waals surface area contributed by atoms with Crippen molar-refractivity contribution in [1.82, 2.24) is 15.3 Å². The molecule has 5 nitrogen and oxygen atoms in total. The fourth-order valence-electron chi connectivity index (χ4n) is 1.88. The van der Waals surface area contributed by atoms with Crippen molar-refractivity contribution < 1.29 is 4.79 Å². The first-order valence-corrected chi connectivity index (χ1v) is 5.56. The SMILES string of the molecule is CC1CCNC(C(=O)Nc2cnccn2)C1. The fourth-order valence-corrected chi connectivity index (χ4v) is 1.88. The van der Waals surface area contributed by atoms with Crippen molar-refractivity contribution in [2.24, 2.45) is 5.92 Å². The maximum atomic E-state index is 11.9. The van der Waals surface area contributed by atoms with Gasteiger partial charge < -0.3 is 10.6 Å². The van der Waals surface area contributed by atoms with Crippen molar-refractivity contribution >= 4 is 11.7 Å². The van der Waals surface area contributed by atoms with Crippen LogP contribution in [-0.4, -0.2) is 28.5 Å². The van der Waals surface area contributed by atoms with Gasteiger partial charge in [0, 0.05) is 12.4 Å². The highest BCUT2D eigenvalue weighted by molar-refractivity contribution is 5.93. The largest absolute Gasteiger partial charge is 0.308 e. The number of aromatic nitrogens is 2. The molecule has 0 spiro atoms. The third-order valence-corrected chi connectivity index (χ3v) is 2.80. The second-order valence-corrected chi connectivity index (χ2v) is 4.22. The van der Waals surface area contributed by atoms with Crippen molar-refractivity contribution in [3.05, 3.63) is 18.6 Å². The molecule has 2 unspecified atom stereocenters. The summed E-state index contributed by atoms with van der Waals surface area (Å²) in [4.78, 5) is 19.8. The van der Waals surface area contributed by atoms with Gasteiger partial charge in [0.15, 0.2) is 5.82 Å². The minimum absolute atomic E-state index is 0.0212. The van der Waals surface area contributed by atoms with Gasteiger partial charge in [0.05, 0.1) is 12.2 Å². The molecule has 2 rings (SSSR count). The molecule has 1 saturated heterocycles. The predicted octanol–water partition coefficient (Wildman–Crippen LogP) is 0.803. The van der Waals surface area contributed by atoms with Crippen LogP contribution in [0, 0.1) is 5.92 Å². The van der Waals surface area contributed by atoms with Crippen LogP contribution in [0.5, 0.6) is 0 Å². The quantitative estimate of drug-likeness (QED) is 0.773. The van der Waals surface area contributed by atoms with Crippen LogP contribution in [0.4, 0.5) is 5.82 Å². The Bertz CT molecular complexity index is 354. The summed E-state index contributed by atoms with van der Waals surface area (Å²) in [6.07, 6.45) is 6.70. The molecule has 0 saturated carbocycles. The minimum atomic E-state index is -0.106. The number of hydrogen-bond acceptors (Lipinski definition) is 4. The van der Waals surface area contributed by atoms with Crippen LogP contribution in [-0.2, 0) is 4.79 Å². The van der Waals surface area contributed by atoms with E-state index in [2.05, 4.69) is 27.5 Å². The van der Waals surface area contributed by atoms with Gasteiger partial charge in [-0.25, -0.2) is 4.98 Å². The van der Waals surface area contributed by atoms with Gasteiger partial charge in [-0.05, 0) is 25.3 Å². The molecule has 1 aromatic rings. The van der Waals surface area contributed by atoms with E-state index in [1.165, 1.54) is 0 Å². The molecule has 1 aromatic heterocycles. The maximum Gasteiger partial charge on any atom is 0.242 e. The van der Waals surface area contributed by atoms with Gasteiger partial charge >= 0.3 is 0 Å². The summed E-state index contributed by atoms with van der Waals surface area (Å²) >= 11 is 0. The first kappa shape index (κ1) is 11.0. The van der Waals surface area contributed by atoms with Gasteiger partial charge in [0.2, 0.25) is 5.91 Å². The number of rotatable bonds is 2. The molecule has 0 bridgehead atoms. The number of carbonyl (C=O) groups is 1. The number of hydrogen-bond donors (Lipinski definition) is 2. The van der Waals surface area contributed by atoms with Crippen molar-refractivity contribution in [3.63, 3.8) is 0 Å². The van der Waals surface area contributed by atoms with Gasteiger partial charge in [0.25, 0.3) is 0 Å². The third-order valence-electron chi connectivity index (χ3n) is 2.80. The number of carbonyl (C=O) groups excluding carboxylic acids is 1. The molecule has 86 valence electrons. The normalized spacial score (nSPS) is 25.1. The van der Waals surface area contributed by atoms with Crippen LogP contribution >= 0.6 is 0 Å². The molecule has 0 aromatic carbocycles. The van der Waals surface area contributed by atoms with E-state index in [0.29, 0.717) is 11.7 Å². The molecular weight excluding hydrogens is 204 g/mol. The van der Waals surface area contributed by atoms with E-state index in [0.717, 1.165) is 19.4 Å². The Hall–Kier alpha value is -1.49. The summed E-state index contributed by atoms with van der Waals surface area (Å²) < 4.78 is 0. The Morgan fingerprint density at radius 3 is 3.12 bits per heavy atom. The number of amides is 1. The van der Waals surface area contributed by atoms with Gasteiger partial charge in [-0.1, -0.05) is 6.92 Å². The first-order chi connectivity index (χ1) is 7.75. The highest BCUT2D eigenvalue weighted by atomic mass is 16.2. The van der Waals surface area contributed by atoms with Crippen LogP contribution in [0.15, 0.2) is 18.6 Å². The molecule has 2 atom stereocenters. The number of nitrogens with one attached hydrogen (secondary N) is 2. The van der Waals surface area contributed by atoms with E-state index < -0.39 is 0 Å². The zero-order chi connectivity index (χ0) is 11.4. The summed E-state index contributed by atoms with van der Waals surface area (Å²) in [6.45, 7) is 3.07. The highest BCUT2D eigenvalue weighted by Gasteiger charge is 2.24. The molecule has 16 heavy (non-hydrogen) atoms. The lowest BCUT2D eigenvalue weighted by Crippen LogP contribution is -2.45. The fraction of sp³-hybridized carbons (Fsp3) is 0.545. The van der Waals surface area contributed by atoms with Gasteiger partial charge in [0.1, 0.15) is 0 Å². The molecule has 2 N–H and O–H groups in total.